The van der Waals surface area contributed by atoms with Crippen LogP contribution in [0.3, 0.4) is 0 Å². The number of carbonyl (C=O) groups is 2. The molecule has 1 saturated carbocycles. The molecule has 1 aliphatic rings. The van der Waals surface area contributed by atoms with Gasteiger partial charge in [-0.25, -0.2) is 4.79 Å². The SMILES string of the molecule is CCCCCC(=O)N(C)C1CCC(c2ccc(C(=O)OC(C)(C)C)cc2CNC)CC1. The van der Waals surface area contributed by atoms with E-state index in [0.29, 0.717) is 23.9 Å². The Hall–Kier alpha value is -1.88. The molecule has 0 heterocycles. The number of rotatable bonds is 9. The van der Waals surface area contributed by atoms with Crippen molar-refractivity contribution in [2.24, 2.45) is 0 Å². The second kappa shape index (κ2) is 11.7. The van der Waals surface area contributed by atoms with Crippen LogP contribution in [0.15, 0.2) is 18.2 Å². The summed E-state index contributed by atoms with van der Waals surface area (Å²) in [5.74, 6) is 0.480. The van der Waals surface area contributed by atoms with Crippen molar-refractivity contribution in [1.82, 2.24) is 10.2 Å². The van der Waals surface area contributed by atoms with Gasteiger partial charge in [0, 0.05) is 26.1 Å². The minimum absolute atomic E-state index is 0.275. The van der Waals surface area contributed by atoms with Crippen LogP contribution in [0.1, 0.15) is 106 Å². The smallest absolute Gasteiger partial charge is 0.338 e. The van der Waals surface area contributed by atoms with Crippen molar-refractivity contribution in [2.45, 2.75) is 103 Å². The van der Waals surface area contributed by atoms with Gasteiger partial charge >= 0.3 is 5.97 Å². The highest BCUT2D eigenvalue weighted by atomic mass is 16.6. The van der Waals surface area contributed by atoms with Crippen LogP contribution in [-0.4, -0.2) is 42.5 Å². The Balaban J connectivity index is 2.03. The third kappa shape index (κ3) is 7.64. The first-order chi connectivity index (χ1) is 14.7. The van der Waals surface area contributed by atoms with Crippen LogP contribution in [-0.2, 0) is 16.1 Å². The fourth-order valence-corrected chi connectivity index (χ4v) is 4.49. The van der Waals surface area contributed by atoms with Gasteiger partial charge in [0.2, 0.25) is 5.91 Å². The largest absolute Gasteiger partial charge is 0.456 e. The lowest BCUT2D eigenvalue weighted by Crippen LogP contribution is -2.39. The monoisotopic (exact) mass is 430 g/mol. The van der Waals surface area contributed by atoms with E-state index in [1.54, 1.807) is 0 Å². The average Bonchev–Trinajstić information content (AvgIpc) is 2.72. The zero-order valence-corrected chi connectivity index (χ0v) is 20.4. The van der Waals surface area contributed by atoms with Gasteiger partial charge in [-0.15, -0.1) is 0 Å². The molecule has 0 bridgehead atoms. The fraction of sp³-hybridized carbons (Fsp3) is 0.692. The summed E-state index contributed by atoms with van der Waals surface area (Å²) in [4.78, 5) is 27.0. The molecule has 31 heavy (non-hydrogen) atoms. The van der Waals surface area contributed by atoms with Gasteiger partial charge in [0.05, 0.1) is 5.56 Å². The number of hydrogen-bond acceptors (Lipinski definition) is 4. The molecule has 1 fully saturated rings. The highest BCUT2D eigenvalue weighted by molar-refractivity contribution is 5.90. The van der Waals surface area contributed by atoms with E-state index in [4.69, 9.17) is 4.74 Å². The third-order valence-corrected chi connectivity index (χ3v) is 6.22. The van der Waals surface area contributed by atoms with Crippen molar-refractivity contribution < 1.29 is 14.3 Å². The standard InChI is InChI=1S/C26H42N2O3/c1-7-8-9-10-24(29)28(6)22-14-11-19(12-15-22)23-16-13-20(17-21(23)18-27-5)25(30)31-26(2,3)4/h13,16-17,19,22,27H,7-12,14-15,18H2,1-6H3. The molecule has 1 N–H and O–H groups in total. The van der Waals surface area contributed by atoms with E-state index < -0.39 is 5.60 Å². The Kier molecular flexibility index (Phi) is 9.54. The second-order valence-electron chi connectivity index (χ2n) is 9.91. The van der Waals surface area contributed by atoms with Crippen molar-refractivity contribution in [1.29, 1.82) is 0 Å². The van der Waals surface area contributed by atoms with Crippen molar-refractivity contribution >= 4 is 11.9 Å². The Morgan fingerprint density at radius 1 is 1.13 bits per heavy atom. The van der Waals surface area contributed by atoms with Gasteiger partial charge in [0.25, 0.3) is 0 Å². The molecule has 0 aromatic heterocycles. The lowest BCUT2D eigenvalue weighted by Gasteiger charge is -2.35. The first-order valence-corrected chi connectivity index (χ1v) is 11.9. The summed E-state index contributed by atoms with van der Waals surface area (Å²) in [6.45, 7) is 8.55. The van der Waals surface area contributed by atoms with Gasteiger partial charge in [-0.1, -0.05) is 25.8 Å². The van der Waals surface area contributed by atoms with Gasteiger partial charge in [-0.3, -0.25) is 4.79 Å². The summed E-state index contributed by atoms with van der Waals surface area (Å²) >= 11 is 0. The Morgan fingerprint density at radius 3 is 2.39 bits per heavy atom. The average molecular weight is 431 g/mol. The predicted molar refractivity (Wildman–Crippen MR) is 126 cm³/mol. The van der Waals surface area contributed by atoms with Crippen LogP contribution < -0.4 is 5.32 Å². The van der Waals surface area contributed by atoms with E-state index in [1.807, 2.05) is 51.9 Å². The summed E-state index contributed by atoms with van der Waals surface area (Å²) in [6.07, 6.45) is 8.14. The summed E-state index contributed by atoms with van der Waals surface area (Å²) in [5, 5.41) is 3.24. The first-order valence-electron chi connectivity index (χ1n) is 11.9. The van der Waals surface area contributed by atoms with Gasteiger partial charge in [-0.05, 0) is 89.1 Å². The number of ether oxygens (including phenoxy) is 1. The minimum Gasteiger partial charge on any atom is -0.456 e. The number of nitrogens with zero attached hydrogens (tertiary/aromatic N) is 1. The van der Waals surface area contributed by atoms with Crippen LogP contribution in [0.25, 0.3) is 0 Å². The maximum absolute atomic E-state index is 12.5. The van der Waals surface area contributed by atoms with E-state index in [9.17, 15) is 9.59 Å². The molecule has 5 nitrogen and oxygen atoms in total. The fourth-order valence-electron chi connectivity index (χ4n) is 4.49. The molecule has 0 saturated heterocycles. The molecule has 1 amide bonds. The summed E-state index contributed by atoms with van der Waals surface area (Å²) < 4.78 is 5.54. The Labute approximate surface area is 188 Å². The molecule has 0 atom stereocenters. The van der Waals surface area contributed by atoms with E-state index >= 15 is 0 Å². The molecule has 0 unspecified atom stereocenters. The van der Waals surface area contributed by atoms with Gasteiger partial charge < -0.3 is 15.0 Å². The number of amides is 1. The zero-order chi connectivity index (χ0) is 23.0. The van der Waals surface area contributed by atoms with Crippen molar-refractivity contribution in [3.05, 3.63) is 34.9 Å². The van der Waals surface area contributed by atoms with Crippen LogP contribution >= 0.6 is 0 Å². The number of esters is 1. The number of unbranched alkanes of at least 4 members (excludes halogenated alkanes) is 2. The van der Waals surface area contributed by atoms with Crippen molar-refractivity contribution in [3.8, 4) is 0 Å². The quantitative estimate of drug-likeness (QED) is 0.419. The molecular formula is C26H42N2O3. The van der Waals surface area contributed by atoms with Crippen molar-refractivity contribution in [2.75, 3.05) is 14.1 Å². The van der Waals surface area contributed by atoms with Gasteiger partial charge in [-0.2, -0.15) is 0 Å². The lowest BCUT2D eigenvalue weighted by molar-refractivity contribution is -0.132. The summed E-state index contributed by atoms with van der Waals surface area (Å²) in [5.41, 5.74) is 2.59. The molecule has 1 aromatic rings. The molecular weight excluding hydrogens is 388 g/mol. The Bertz CT molecular complexity index is 731. The lowest BCUT2D eigenvalue weighted by atomic mass is 9.79. The van der Waals surface area contributed by atoms with Crippen LogP contribution in [0.2, 0.25) is 0 Å². The van der Waals surface area contributed by atoms with E-state index in [2.05, 4.69) is 18.3 Å². The Morgan fingerprint density at radius 2 is 1.81 bits per heavy atom. The number of carbonyl (C=O) groups excluding carboxylic acids is 2. The third-order valence-electron chi connectivity index (χ3n) is 6.22. The highest BCUT2D eigenvalue weighted by Gasteiger charge is 2.28. The van der Waals surface area contributed by atoms with Crippen molar-refractivity contribution in [3.63, 3.8) is 0 Å². The number of nitrogens with one attached hydrogen (secondary N) is 1. The minimum atomic E-state index is -0.503. The number of benzene rings is 1. The number of hydrogen-bond donors (Lipinski definition) is 1. The zero-order valence-electron chi connectivity index (χ0n) is 20.4. The van der Waals surface area contributed by atoms with Crippen LogP contribution in [0, 0.1) is 0 Å². The van der Waals surface area contributed by atoms with Crippen LogP contribution in [0.4, 0.5) is 0 Å². The van der Waals surface area contributed by atoms with Gasteiger partial charge in [0.15, 0.2) is 0 Å². The highest BCUT2D eigenvalue weighted by Crippen LogP contribution is 2.36. The van der Waals surface area contributed by atoms with E-state index in [0.717, 1.165) is 51.5 Å². The molecule has 0 aliphatic heterocycles. The summed E-state index contributed by atoms with van der Waals surface area (Å²) in [7, 11) is 3.90. The van der Waals surface area contributed by atoms with E-state index in [1.165, 1.54) is 11.1 Å². The molecule has 0 spiro atoms. The second-order valence-corrected chi connectivity index (χ2v) is 9.91. The maximum Gasteiger partial charge on any atom is 0.338 e. The topological polar surface area (TPSA) is 58.6 Å². The molecule has 1 aliphatic carbocycles. The first kappa shape index (κ1) is 25.4. The van der Waals surface area contributed by atoms with E-state index in [-0.39, 0.29) is 11.9 Å². The maximum atomic E-state index is 12.5. The van der Waals surface area contributed by atoms with Gasteiger partial charge in [0.1, 0.15) is 5.60 Å². The molecule has 1 aromatic carbocycles. The molecule has 2 rings (SSSR count). The normalized spacial score (nSPS) is 19.2. The van der Waals surface area contributed by atoms with Crippen LogP contribution in [0.5, 0.6) is 0 Å². The predicted octanol–water partition coefficient (Wildman–Crippen LogP) is 5.43. The molecule has 0 radical (unpaired) electrons. The molecule has 174 valence electrons. The summed E-state index contributed by atoms with van der Waals surface area (Å²) in [6, 6.07) is 6.34. The molecule has 5 heteroatoms.